The number of carbonyl (C=O) groups is 2. The van der Waals surface area contributed by atoms with Crippen LogP contribution in [0, 0.1) is 10.1 Å². The van der Waals surface area contributed by atoms with E-state index < -0.39 is 10.9 Å². The number of non-ortho nitro benzene ring substituents is 1. The van der Waals surface area contributed by atoms with Crippen LogP contribution in [0.1, 0.15) is 23.8 Å². The van der Waals surface area contributed by atoms with E-state index in [2.05, 4.69) is 9.72 Å². The topological polar surface area (TPSA) is 103 Å². The summed E-state index contributed by atoms with van der Waals surface area (Å²) in [7, 11) is 2.88. The van der Waals surface area contributed by atoms with Gasteiger partial charge in [-0.05, 0) is 6.92 Å². The van der Waals surface area contributed by atoms with E-state index in [0.717, 1.165) is 0 Å². The van der Waals surface area contributed by atoms with Crippen molar-refractivity contribution in [3.05, 3.63) is 45.5 Å². The number of nitrogens with zero attached hydrogens (tertiary/aromatic N) is 3. The molecule has 0 spiro atoms. The molecule has 0 radical (unpaired) electrons. The number of thiazole rings is 1. The number of amides is 1. The fourth-order valence-electron chi connectivity index (χ4n) is 2.10. The van der Waals surface area contributed by atoms with Crippen LogP contribution in [0.25, 0.3) is 10.6 Å². The summed E-state index contributed by atoms with van der Waals surface area (Å²) in [5.74, 6) is -0.730. The number of ether oxygens (including phenoxy) is 1. The van der Waals surface area contributed by atoms with Gasteiger partial charge in [-0.3, -0.25) is 19.7 Å². The Bertz CT molecular complexity index is 805. The normalized spacial score (nSPS) is 11.6. The Hall–Kier alpha value is -2.81. The van der Waals surface area contributed by atoms with Crippen LogP contribution in [-0.4, -0.2) is 46.9 Å². The molecule has 0 fully saturated rings. The van der Waals surface area contributed by atoms with E-state index in [-0.39, 0.29) is 29.8 Å². The first-order chi connectivity index (χ1) is 11.8. The zero-order valence-electron chi connectivity index (χ0n) is 14.0. The van der Waals surface area contributed by atoms with Gasteiger partial charge in [0.15, 0.2) is 0 Å². The molecular weight excluding hydrogens is 346 g/mol. The maximum Gasteiger partial charge on any atom is 0.307 e. The number of aromatic nitrogens is 1. The van der Waals surface area contributed by atoms with Crippen LogP contribution in [0.2, 0.25) is 0 Å². The lowest BCUT2D eigenvalue weighted by molar-refractivity contribution is -0.384. The maximum absolute atomic E-state index is 12.5. The summed E-state index contributed by atoms with van der Waals surface area (Å²) in [4.78, 5) is 39.9. The van der Waals surface area contributed by atoms with E-state index in [1.165, 1.54) is 35.5 Å². The van der Waals surface area contributed by atoms with Crippen molar-refractivity contribution in [1.82, 2.24) is 9.88 Å². The molecule has 0 N–H and O–H groups in total. The first-order valence-corrected chi connectivity index (χ1v) is 8.25. The fraction of sp³-hybridized carbons (Fsp3) is 0.312. The Morgan fingerprint density at radius 1 is 1.44 bits per heavy atom. The molecule has 1 aromatic heterocycles. The predicted octanol–water partition coefficient (Wildman–Crippen LogP) is 2.74. The van der Waals surface area contributed by atoms with Crippen LogP contribution in [0.15, 0.2) is 29.6 Å². The second-order valence-electron chi connectivity index (χ2n) is 5.39. The second-order valence-corrected chi connectivity index (χ2v) is 6.25. The summed E-state index contributed by atoms with van der Waals surface area (Å²) in [6.07, 6.45) is 0.0839. The molecule has 1 amide bonds. The number of hydrogen-bond acceptors (Lipinski definition) is 7. The molecule has 9 heteroatoms. The van der Waals surface area contributed by atoms with E-state index in [4.69, 9.17) is 0 Å². The Kier molecular flexibility index (Phi) is 5.81. The van der Waals surface area contributed by atoms with Gasteiger partial charge in [0.25, 0.3) is 11.6 Å². The molecule has 2 aromatic rings. The van der Waals surface area contributed by atoms with Crippen molar-refractivity contribution >= 4 is 28.9 Å². The van der Waals surface area contributed by atoms with Crippen molar-refractivity contribution in [3.63, 3.8) is 0 Å². The van der Waals surface area contributed by atoms with Gasteiger partial charge in [0.1, 0.15) is 10.7 Å². The Labute approximate surface area is 148 Å². The van der Waals surface area contributed by atoms with Crippen molar-refractivity contribution < 1.29 is 19.2 Å². The fourth-order valence-corrected chi connectivity index (χ4v) is 2.89. The summed E-state index contributed by atoms with van der Waals surface area (Å²) in [6, 6.07) is 5.73. The van der Waals surface area contributed by atoms with Crippen LogP contribution >= 0.6 is 11.3 Å². The van der Waals surface area contributed by atoms with Gasteiger partial charge >= 0.3 is 5.97 Å². The molecule has 2 rings (SSSR count). The lowest BCUT2D eigenvalue weighted by Gasteiger charge is -2.23. The highest BCUT2D eigenvalue weighted by Crippen LogP contribution is 2.27. The highest BCUT2D eigenvalue weighted by molar-refractivity contribution is 7.13. The van der Waals surface area contributed by atoms with Gasteiger partial charge in [0.2, 0.25) is 0 Å². The van der Waals surface area contributed by atoms with Crippen molar-refractivity contribution in [2.45, 2.75) is 19.4 Å². The van der Waals surface area contributed by atoms with Gasteiger partial charge in [-0.15, -0.1) is 11.3 Å². The molecular formula is C16H17N3O5S. The second kappa shape index (κ2) is 7.84. The number of methoxy groups -OCH3 is 1. The third kappa shape index (κ3) is 4.38. The van der Waals surface area contributed by atoms with Crippen LogP contribution in [0.5, 0.6) is 0 Å². The van der Waals surface area contributed by atoms with Gasteiger partial charge < -0.3 is 9.64 Å². The molecule has 25 heavy (non-hydrogen) atoms. The predicted molar refractivity (Wildman–Crippen MR) is 92.4 cm³/mol. The Morgan fingerprint density at radius 3 is 2.80 bits per heavy atom. The third-order valence-corrected chi connectivity index (χ3v) is 4.59. The minimum Gasteiger partial charge on any atom is -0.469 e. The van der Waals surface area contributed by atoms with Crippen LogP contribution in [0.3, 0.4) is 0 Å². The SMILES string of the molecule is COC(=O)CC(C)N(C)C(=O)c1csc(-c2cccc([N+](=O)[O-])c2)n1. The van der Waals surface area contributed by atoms with Crippen molar-refractivity contribution in [3.8, 4) is 10.6 Å². The zero-order valence-corrected chi connectivity index (χ0v) is 14.8. The number of benzene rings is 1. The zero-order chi connectivity index (χ0) is 18.6. The number of rotatable bonds is 6. The quantitative estimate of drug-likeness (QED) is 0.444. The summed E-state index contributed by atoms with van der Waals surface area (Å²) < 4.78 is 4.60. The van der Waals surface area contributed by atoms with Crippen LogP contribution < -0.4 is 0 Å². The van der Waals surface area contributed by atoms with Crippen LogP contribution in [0.4, 0.5) is 5.69 Å². The highest BCUT2D eigenvalue weighted by atomic mass is 32.1. The molecule has 0 saturated carbocycles. The summed E-state index contributed by atoms with van der Waals surface area (Å²) in [5, 5.41) is 13.0. The molecule has 1 atom stereocenters. The molecule has 1 unspecified atom stereocenters. The van der Waals surface area contributed by atoms with Crippen molar-refractivity contribution in [2.75, 3.05) is 14.2 Å². The maximum atomic E-state index is 12.5. The van der Waals surface area contributed by atoms with E-state index in [0.29, 0.717) is 10.6 Å². The molecule has 0 aliphatic heterocycles. The molecule has 0 aliphatic carbocycles. The average Bonchev–Trinajstić information content (AvgIpc) is 3.10. The van der Waals surface area contributed by atoms with Gasteiger partial charge in [0.05, 0.1) is 18.5 Å². The minimum atomic E-state index is -0.481. The number of esters is 1. The third-order valence-electron chi connectivity index (χ3n) is 3.70. The first-order valence-electron chi connectivity index (χ1n) is 7.37. The van der Waals surface area contributed by atoms with E-state index in [9.17, 15) is 19.7 Å². The smallest absolute Gasteiger partial charge is 0.307 e. The van der Waals surface area contributed by atoms with Gasteiger partial charge in [0, 0.05) is 36.2 Å². The molecule has 132 valence electrons. The monoisotopic (exact) mass is 363 g/mol. The standard InChI is InChI=1S/C16H17N3O5S/c1-10(7-14(20)24-3)18(2)16(21)13-9-25-15(17-13)11-5-4-6-12(8-11)19(22)23/h4-6,8-10H,7H2,1-3H3. The molecule has 0 bridgehead atoms. The van der Waals surface area contributed by atoms with Gasteiger partial charge in [-0.1, -0.05) is 12.1 Å². The summed E-state index contributed by atoms with van der Waals surface area (Å²) in [5.41, 5.74) is 0.763. The Morgan fingerprint density at radius 2 is 2.16 bits per heavy atom. The number of hydrogen-bond donors (Lipinski definition) is 0. The molecule has 1 heterocycles. The van der Waals surface area contributed by atoms with Gasteiger partial charge in [-0.2, -0.15) is 0 Å². The van der Waals surface area contributed by atoms with Crippen LogP contribution in [-0.2, 0) is 9.53 Å². The van der Waals surface area contributed by atoms with E-state index >= 15 is 0 Å². The van der Waals surface area contributed by atoms with E-state index in [1.807, 2.05) is 0 Å². The van der Waals surface area contributed by atoms with Crippen molar-refractivity contribution in [1.29, 1.82) is 0 Å². The average molecular weight is 363 g/mol. The number of carbonyl (C=O) groups excluding carboxylic acids is 2. The molecule has 1 aromatic carbocycles. The largest absolute Gasteiger partial charge is 0.469 e. The number of nitro groups is 1. The first kappa shape index (κ1) is 18.5. The highest BCUT2D eigenvalue weighted by Gasteiger charge is 2.22. The summed E-state index contributed by atoms with van der Waals surface area (Å²) in [6.45, 7) is 1.74. The number of nitro benzene ring substituents is 1. The lowest BCUT2D eigenvalue weighted by atomic mass is 10.2. The Balaban J connectivity index is 2.17. The molecule has 0 saturated heterocycles. The van der Waals surface area contributed by atoms with Gasteiger partial charge in [-0.25, -0.2) is 4.98 Å². The minimum absolute atomic E-state index is 0.0376. The van der Waals surface area contributed by atoms with E-state index in [1.54, 1.807) is 31.5 Å². The molecule has 8 nitrogen and oxygen atoms in total. The lowest BCUT2D eigenvalue weighted by Crippen LogP contribution is -2.36. The van der Waals surface area contributed by atoms with Crippen molar-refractivity contribution in [2.24, 2.45) is 0 Å². The summed E-state index contributed by atoms with van der Waals surface area (Å²) >= 11 is 1.23. The molecule has 0 aliphatic rings.